The van der Waals surface area contributed by atoms with E-state index < -0.39 is 14.3 Å². The van der Waals surface area contributed by atoms with Crippen molar-refractivity contribution >= 4 is 14.3 Å². The molecule has 0 unspecified atom stereocenters. The van der Waals surface area contributed by atoms with Gasteiger partial charge in [0.05, 0.1) is 12.5 Å². The van der Waals surface area contributed by atoms with Gasteiger partial charge in [0.25, 0.3) is 0 Å². The second kappa shape index (κ2) is 6.68. The van der Waals surface area contributed by atoms with E-state index in [0.29, 0.717) is 0 Å². The summed E-state index contributed by atoms with van der Waals surface area (Å²) in [6.45, 7) is 11.7. The summed E-state index contributed by atoms with van der Waals surface area (Å²) < 4.78 is 6.20. The molecule has 0 saturated heterocycles. The molecule has 108 valence electrons. The van der Waals surface area contributed by atoms with Gasteiger partial charge in [-0.25, -0.2) is 0 Å². The first kappa shape index (κ1) is 17.6. The third-order valence-electron chi connectivity index (χ3n) is 3.57. The van der Waals surface area contributed by atoms with Crippen LogP contribution in [0, 0.1) is 0 Å². The fourth-order valence-corrected chi connectivity index (χ4v) is 2.78. The molecule has 0 aliphatic heterocycles. The van der Waals surface area contributed by atoms with Gasteiger partial charge in [0.2, 0.25) is 0 Å². The topological polar surface area (TPSA) is 49.8 Å². The number of carboxylic acids is 1. The summed E-state index contributed by atoms with van der Waals surface area (Å²) >= 11 is 0. The lowest BCUT2D eigenvalue weighted by Gasteiger charge is -2.39. The zero-order valence-corrected chi connectivity index (χ0v) is 13.9. The van der Waals surface area contributed by atoms with Crippen LogP contribution in [0.4, 0.5) is 0 Å². The zero-order valence-electron chi connectivity index (χ0n) is 12.9. The molecule has 4 nitrogen and oxygen atoms in total. The van der Waals surface area contributed by atoms with Crippen molar-refractivity contribution in [3.05, 3.63) is 0 Å². The lowest BCUT2D eigenvalue weighted by atomic mass is 10.2. The molecule has 0 fully saturated rings. The maximum Gasteiger partial charge on any atom is 0.305 e. The molecule has 0 heterocycles. The van der Waals surface area contributed by atoms with Gasteiger partial charge in [0, 0.05) is 0 Å². The van der Waals surface area contributed by atoms with Gasteiger partial charge in [0.1, 0.15) is 0 Å². The normalized spacial score (nSPS) is 14.9. The first-order chi connectivity index (χ1) is 7.95. The molecule has 5 heteroatoms. The Hall–Kier alpha value is -0.393. The van der Waals surface area contributed by atoms with Crippen molar-refractivity contribution in [2.75, 3.05) is 20.6 Å². The van der Waals surface area contributed by atoms with Gasteiger partial charge < -0.3 is 14.4 Å². The van der Waals surface area contributed by atoms with Gasteiger partial charge in [-0.2, -0.15) is 0 Å². The second-order valence-corrected chi connectivity index (χ2v) is 11.4. The fraction of sp³-hybridized carbons (Fsp3) is 0.923. The summed E-state index contributed by atoms with van der Waals surface area (Å²) in [6.07, 6.45) is 0.692. The van der Waals surface area contributed by atoms with Gasteiger partial charge in [0.15, 0.2) is 8.32 Å². The average Bonchev–Trinajstić information content (AvgIpc) is 2.10. The predicted molar refractivity (Wildman–Crippen MR) is 77.5 cm³/mol. The van der Waals surface area contributed by atoms with Crippen molar-refractivity contribution in [1.82, 2.24) is 4.90 Å². The maximum absolute atomic E-state index is 10.9. The molecule has 0 aromatic heterocycles. The molecule has 0 aromatic carbocycles. The van der Waals surface area contributed by atoms with E-state index in [1.54, 1.807) is 0 Å². The van der Waals surface area contributed by atoms with Crippen molar-refractivity contribution in [2.45, 2.75) is 57.8 Å². The van der Waals surface area contributed by atoms with Crippen molar-refractivity contribution in [3.8, 4) is 0 Å². The standard InChI is InChI=1S/C13H29NO3Si/c1-13(2,3)18(6,7)17-11(10-12(15)16)8-9-14(4)5/h11H,8-10H2,1-7H3,(H,15,16)/t11-/m0/s1. The second-order valence-electron chi connectivity index (χ2n) is 6.69. The largest absolute Gasteiger partial charge is 0.481 e. The van der Waals surface area contributed by atoms with E-state index in [-0.39, 0.29) is 17.6 Å². The van der Waals surface area contributed by atoms with E-state index in [4.69, 9.17) is 9.53 Å². The van der Waals surface area contributed by atoms with Gasteiger partial charge >= 0.3 is 5.97 Å². The van der Waals surface area contributed by atoms with Gasteiger partial charge in [-0.1, -0.05) is 20.8 Å². The van der Waals surface area contributed by atoms with Crippen LogP contribution in [0.1, 0.15) is 33.6 Å². The smallest absolute Gasteiger partial charge is 0.305 e. The highest BCUT2D eigenvalue weighted by Crippen LogP contribution is 2.37. The molecule has 1 N–H and O–H groups in total. The van der Waals surface area contributed by atoms with Crippen LogP contribution in [0.3, 0.4) is 0 Å². The molecular weight excluding hydrogens is 246 g/mol. The third-order valence-corrected chi connectivity index (χ3v) is 8.10. The molecule has 0 aromatic rings. The van der Waals surface area contributed by atoms with Crippen LogP contribution in [0.25, 0.3) is 0 Å². The Morgan fingerprint density at radius 3 is 2.17 bits per heavy atom. The highest BCUT2D eigenvalue weighted by atomic mass is 28.4. The highest BCUT2D eigenvalue weighted by Gasteiger charge is 2.39. The zero-order chi connectivity index (χ0) is 14.6. The number of rotatable bonds is 7. The summed E-state index contributed by atoms with van der Waals surface area (Å²) in [6, 6.07) is 0. The Bertz CT molecular complexity index is 272. The Morgan fingerprint density at radius 1 is 1.33 bits per heavy atom. The van der Waals surface area contributed by atoms with Crippen LogP contribution in [0.2, 0.25) is 18.1 Å². The van der Waals surface area contributed by atoms with E-state index in [1.165, 1.54) is 0 Å². The first-order valence-corrected chi connectivity index (χ1v) is 9.41. The fourth-order valence-electron chi connectivity index (χ4n) is 1.39. The quantitative estimate of drug-likeness (QED) is 0.726. The molecule has 18 heavy (non-hydrogen) atoms. The lowest BCUT2D eigenvalue weighted by Crippen LogP contribution is -2.45. The first-order valence-electron chi connectivity index (χ1n) is 6.50. The average molecular weight is 275 g/mol. The summed E-state index contributed by atoms with van der Waals surface area (Å²) in [5.41, 5.74) is 0. The monoisotopic (exact) mass is 275 g/mol. The van der Waals surface area contributed by atoms with E-state index in [9.17, 15) is 4.79 Å². The van der Waals surface area contributed by atoms with E-state index in [1.807, 2.05) is 14.1 Å². The molecule has 0 rings (SSSR count). The molecule has 0 saturated carbocycles. The Balaban J connectivity index is 4.62. The van der Waals surface area contributed by atoms with Crippen LogP contribution in [-0.2, 0) is 9.22 Å². The van der Waals surface area contributed by atoms with Crippen molar-refractivity contribution in [1.29, 1.82) is 0 Å². The summed E-state index contributed by atoms with van der Waals surface area (Å²) in [4.78, 5) is 13.0. The maximum atomic E-state index is 10.9. The Labute approximate surface area is 112 Å². The van der Waals surface area contributed by atoms with Crippen LogP contribution < -0.4 is 0 Å². The molecule has 0 spiro atoms. The Kier molecular flexibility index (Phi) is 6.53. The molecule has 1 atom stereocenters. The lowest BCUT2D eigenvalue weighted by molar-refractivity contribution is -0.139. The van der Waals surface area contributed by atoms with Crippen LogP contribution >= 0.6 is 0 Å². The van der Waals surface area contributed by atoms with Crippen LogP contribution in [-0.4, -0.2) is 51.0 Å². The number of hydrogen-bond donors (Lipinski definition) is 1. The molecule has 0 aliphatic carbocycles. The Morgan fingerprint density at radius 2 is 1.83 bits per heavy atom. The van der Waals surface area contributed by atoms with Gasteiger partial charge in [-0.15, -0.1) is 0 Å². The van der Waals surface area contributed by atoms with E-state index in [0.717, 1.165) is 13.0 Å². The molecule has 0 amide bonds. The van der Waals surface area contributed by atoms with E-state index >= 15 is 0 Å². The van der Waals surface area contributed by atoms with Crippen molar-refractivity contribution < 1.29 is 14.3 Å². The SMILES string of the molecule is CN(C)CC[C@@H](CC(=O)O)O[Si](C)(C)C(C)(C)C. The summed E-state index contributed by atoms with van der Waals surface area (Å²) in [5, 5.41) is 9.08. The minimum atomic E-state index is -1.89. The van der Waals surface area contributed by atoms with Crippen molar-refractivity contribution in [2.24, 2.45) is 0 Å². The minimum absolute atomic E-state index is 0.0976. The molecule has 0 aliphatic rings. The molecule has 0 radical (unpaired) electrons. The summed E-state index contributed by atoms with van der Waals surface area (Å²) in [5.74, 6) is -0.780. The molecular formula is C13H29NO3Si. The van der Waals surface area contributed by atoms with Gasteiger partial charge in [-0.3, -0.25) is 4.79 Å². The number of nitrogens with zero attached hydrogens (tertiary/aromatic N) is 1. The van der Waals surface area contributed by atoms with E-state index in [2.05, 4.69) is 38.8 Å². The van der Waals surface area contributed by atoms with Crippen LogP contribution in [0.15, 0.2) is 0 Å². The number of aliphatic carboxylic acids is 1. The number of carbonyl (C=O) groups is 1. The highest BCUT2D eigenvalue weighted by molar-refractivity contribution is 6.74. The van der Waals surface area contributed by atoms with Crippen molar-refractivity contribution in [3.63, 3.8) is 0 Å². The number of hydrogen-bond acceptors (Lipinski definition) is 3. The van der Waals surface area contributed by atoms with Crippen LogP contribution in [0.5, 0.6) is 0 Å². The van der Waals surface area contributed by atoms with Gasteiger partial charge in [-0.05, 0) is 45.2 Å². The predicted octanol–water partition coefficient (Wildman–Crippen LogP) is 2.80. The molecule has 0 bridgehead atoms. The minimum Gasteiger partial charge on any atom is -0.481 e. The summed E-state index contributed by atoms with van der Waals surface area (Å²) in [7, 11) is 2.09. The number of carboxylic acid groups (broad SMARTS) is 1. The third kappa shape index (κ3) is 6.52.